The summed E-state index contributed by atoms with van der Waals surface area (Å²) < 4.78 is 5.77. The molecule has 3 amide bonds. The summed E-state index contributed by atoms with van der Waals surface area (Å²) in [6, 6.07) is 4.04. The first-order valence-electron chi connectivity index (χ1n) is 7.88. The first-order chi connectivity index (χ1) is 12.4. The number of amides is 3. The summed E-state index contributed by atoms with van der Waals surface area (Å²) in [6.45, 7) is 1.77. The number of nitrogens with two attached hydrogens (primary N) is 1. The number of aryl methyl sites for hydroxylation is 1. The zero-order valence-corrected chi connectivity index (χ0v) is 15.4. The lowest BCUT2D eigenvalue weighted by Crippen LogP contribution is -2.27. The third-order valence-electron chi connectivity index (χ3n) is 4.01. The monoisotopic (exact) mass is 394 g/mol. The zero-order chi connectivity index (χ0) is 18.8. The third kappa shape index (κ3) is 3.68. The maximum atomic E-state index is 12.7. The van der Waals surface area contributed by atoms with Crippen molar-refractivity contribution in [1.82, 2.24) is 5.43 Å². The van der Waals surface area contributed by atoms with E-state index in [4.69, 9.17) is 33.4 Å². The van der Waals surface area contributed by atoms with Crippen LogP contribution in [0, 0.1) is 6.92 Å². The molecule has 1 aliphatic carbocycles. The lowest BCUT2D eigenvalue weighted by atomic mass is 9.93. The van der Waals surface area contributed by atoms with Crippen molar-refractivity contribution in [2.45, 2.75) is 26.2 Å². The quantitative estimate of drug-likeness (QED) is 0.687. The van der Waals surface area contributed by atoms with E-state index in [-0.39, 0.29) is 5.76 Å². The van der Waals surface area contributed by atoms with E-state index >= 15 is 0 Å². The number of hydrazone groups is 1. The Hall–Kier alpha value is -2.51. The van der Waals surface area contributed by atoms with E-state index in [2.05, 4.69) is 15.8 Å². The number of rotatable bonds is 3. The number of fused-ring (bicyclic) bond motifs is 1. The highest BCUT2D eigenvalue weighted by molar-refractivity contribution is 6.35. The molecule has 0 aliphatic heterocycles. The third-order valence-corrected chi connectivity index (χ3v) is 4.57. The fourth-order valence-corrected chi connectivity index (χ4v) is 3.23. The maximum absolute atomic E-state index is 12.7. The molecule has 4 N–H and O–H groups in total. The van der Waals surface area contributed by atoms with Crippen molar-refractivity contribution in [3.63, 3.8) is 0 Å². The molecule has 0 unspecified atom stereocenters. The molecule has 1 aromatic carbocycles. The summed E-state index contributed by atoms with van der Waals surface area (Å²) >= 11 is 12.0. The van der Waals surface area contributed by atoms with Gasteiger partial charge in [-0.15, -0.1) is 0 Å². The van der Waals surface area contributed by atoms with Crippen LogP contribution in [0.2, 0.25) is 10.0 Å². The van der Waals surface area contributed by atoms with Gasteiger partial charge in [0.1, 0.15) is 5.76 Å². The summed E-state index contributed by atoms with van der Waals surface area (Å²) in [7, 11) is 0. The van der Waals surface area contributed by atoms with E-state index in [1.54, 1.807) is 25.1 Å². The van der Waals surface area contributed by atoms with Crippen LogP contribution in [-0.4, -0.2) is 17.6 Å². The van der Waals surface area contributed by atoms with Crippen molar-refractivity contribution in [2.75, 3.05) is 5.32 Å². The second-order valence-corrected chi connectivity index (χ2v) is 6.66. The van der Waals surface area contributed by atoms with Crippen molar-refractivity contribution in [1.29, 1.82) is 0 Å². The fraction of sp³-hybridized carbons (Fsp3) is 0.235. The van der Waals surface area contributed by atoms with Crippen molar-refractivity contribution >= 4 is 46.5 Å². The predicted octanol–water partition coefficient (Wildman–Crippen LogP) is 3.86. The zero-order valence-electron chi connectivity index (χ0n) is 13.9. The average molecular weight is 395 g/mol. The molecule has 0 radical (unpaired) electrons. The molecule has 2 aromatic rings. The first kappa shape index (κ1) is 18.3. The predicted molar refractivity (Wildman–Crippen MR) is 100 cm³/mol. The lowest BCUT2D eigenvalue weighted by Gasteiger charge is -2.13. The van der Waals surface area contributed by atoms with Crippen molar-refractivity contribution < 1.29 is 14.0 Å². The van der Waals surface area contributed by atoms with Crippen LogP contribution in [0.25, 0.3) is 0 Å². The molecule has 9 heteroatoms. The van der Waals surface area contributed by atoms with Gasteiger partial charge in [-0.3, -0.25) is 4.79 Å². The number of carbonyl (C=O) groups excluding carboxylic acids is 2. The highest BCUT2D eigenvalue weighted by Crippen LogP contribution is 2.31. The maximum Gasteiger partial charge on any atom is 0.332 e. The van der Waals surface area contributed by atoms with E-state index in [9.17, 15) is 9.59 Å². The number of anilines is 1. The Labute approximate surface area is 159 Å². The highest BCUT2D eigenvalue weighted by atomic mass is 35.5. The van der Waals surface area contributed by atoms with Gasteiger partial charge in [0.25, 0.3) is 5.91 Å². The topological polar surface area (TPSA) is 110 Å². The van der Waals surface area contributed by atoms with Crippen LogP contribution >= 0.6 is 23.2 Å². The van der Waals surface area contributed by atoms with E-state index in [1.165, 1.54) is 0 Å². The fourth-order valence-electron chi connectivity index (χ4n) is 2.89. The van der Waals surface area contributed by atoms with Crippen LogP contribution in [0.4, 0.5) is 10.5 Å². The molecule has 0 fully saturated rings. The highest BCUT2D eigenvalue weighted by Gasteiger charge is 2.28. The van der Waals surface area contributed by atoms with Crippen molar-refractivity contribution in [3.05, 3.63) is 50.9 Å². The second-order valence-electron chi connectivity index (χ2n) is 5.82. The Morgan fingerprint density at radius 1 is 1.27 bits per heavy atom. The van der Waals surface area contributed by atoms with Crippen LogP contribution < -0.4 is 16.5 Å². The molecule has 0 saturated carbocycles. The Morgan fingerprint density at radius 2 is 2.04 bits per heavy atom. The van der Waals surface area contributed by atoms with Gasteiger partial charge in [0.05, 0.1) is 16.4 Å². The number of carbonyl (C=O) groups is 2. The number of hydrogen-bond donors (Lipinski definition) is 3. The smallest absolute Gasteiger partial charge is 0.332 e. The second kappa shape index (κ2) is 7.39. The lowest BCUT2D eigenvalue weighted by molar-refractivity contribution is 0.0994. The number of furan rings is 1. The minimum Gasteiger partial charge on any atom is -0.455 e. The molecular weight excluding hydrogens is 379 g/mol. The van der Waals surface area contributed by atoms with Gasteiger partial charge in [0, 0.05) is 22.6 Å². The molecule has 3 rings (SSSR count). The van der Waals surface area contributed by atoms with E-state index in [1.807, 2.05) is 0 Å². The van der Waals surface area contributed by atoms with Gasteiger partial charge >= 0.3 is 6.03 Å². The number of urea groups is 1. The summed E-state index contributed by atoms with van der Waals surface area (Å²) in [5.41, 5.74) is 9.68. The van der Waals surface area contributed by atoms with Crippen LogP contribution in [0.5, 0.6) is 0 Å². The number of primary amides is 1. The minimum atomic E-state index is -0.751. The van der Waals surface area contributed by atoms with Gasteiger partial charge in [0.2, 0.25) is 0 Å². The number of nitrogens with one attached hydrogen (secondary N) is 2. The Bertz CT molecular complexity index is 921. The van der Waals surface area contributed by atoms with Crippen molar-refractivity contribution in [3.8, 4) is 0 Å². The van der Waals surface area contributed by atoms with Gasteiger partial charge in [-0.05, 0) is 38.0 Å². The largest absolute Gasteiger partial charge is 0.455 e. The molecule has 0 bridgehead atoms. The van der Waals surface area contributed by atoms with E-state index < -0.39 is 11.9 Å². The average Bonchev–Trinajstić information content (AvgIpc) is 2.94. The molecule has 1 aliphatic rings. The van der Waals surface area contributed by atoms with Crippen LogP contribution in [-0.2, 0) is 6.42 Å². The number of benzene rings is 1. The summed E-state index contributed by atoms with van der Waals surface area (Å²) in [5.74, 6) is 0.379. The molecule has 26 heavy (non-hydrogen) atoms. The standard InChI is InChI=1S/C17H16Cl2N4O3/c1-8-14-11(22-23-17(20)25)3-2-4-13(14)26-15(8)16(24)21-12-7-9(18)5-6-10(12)19/h5-7H,2-4H2,1H3,(H,21,24)(H3,20,23,25)/b22-11+. The molecule has 0 atom stereocenters. The molecule has 1 heterocycles. The van der Waals surface area contributed by atoms with Gasteiger partial charge < -0.3 is 15.5 Å². The molecule has 0 spiro atoms. The van der Waals surface area contributed by atoms with Crippen LogP contribution in [0.3, 0.4) is 0 Å². The summed E-state index contributed by atoms with van der Waals surface area (Å²) in [4.78, 5) is 23.6. The SMILES string of the molecule is Cc1c(C(=O)Nc2cc(Cl)ccc2Cl)oc2c1/C(=N/NC(N)=O)CCC2. The number of nitrogens with zero attached hydrogens (tertiary/aromatic N) is 1. The van der Waals surface area contributed by atoms with Gasteiger partial charge in [0.15, 0.2) is 5.76 Å². The number of hydrogen-bond acceptors (Lipinski definition) is 4. The molecule has 0 saturated heterocycles. The Balaban J connectivity index is 1.92. The Morgan fingerprint density at radius 3 is 2.77 bits per heavy atom. The van der Waals surface area contributed by atoms with E-state index in [0.29, 0.717) is 45.6 Å². The first-order valence-corrected chi connectivity index (χ1v) is 8.63. The molecular formula is C17H16Cl2N4O3. The van der Waals surface area contributed by atoms with Gasteiger partial charge in [-0.1, -0.05) is 23.2 Å². The molecule has 136 valence electrons. The van der Waals surface area contributed by atoms with Crippen molar-refractivity contribution in [2.24, 2.45) is 10.8 Å². The molecule has 1 aromatic heterocycles. The van der Waals surface area contributed by atoms with E-state index in [0.717, 1.165) is 12.0 Å². The number of halogens is 2. The minimum absolute atomic E-state index is 0.166. The van der Waals surface area contributed by atoms with Crippen LogP contribution in [0.1, 0.15) is 40.3 Å². The van der Waals surface area contributed by atoms with Gasteiger partial charge in [-0.25, -0.2) is 10.2 Å². The normalized spacial score (nSPS) is 14.8. The Kier molecular flexibility index (Phi) is 5.20. The summed E-state index contributed by atoms with van der Waals surface area (Å²) in [5, 5.41) is 7.55. The van der Waals surface area contributed by atoms with Gasteiger partial charge in [-0.2, -0.15) is 5.10 Å². The molecule has 7 nitrogen and oxygen atoms in total. The summed E-state index contributed by atoms with van der Waals surface area (Å²) in [6.07, 6.45) is 2.12. The van der Waals surface area contributed by atoms with Crippen LogP contribution in [0.15, 0.2) is 27.7 Å².